The SMILES string of the molecule is CCC(c1cccs1)N1CCC(CNC(C)C)C1. The molecule has 0 saturated carbocycles. The molecule has 2 heterocycles. The molecule has 0 radical (unpaired) electrons. The quantitative estimate of drug-likeness (QED) is 0.847. The number of hydrogen-bond donors (Lipinski definition) is 1. The molecule has 1 fully saturated rings. The fourth-order valence-electron chi connectivity index (χ4n) is 2.83. The molecule has 3 heteroatoms. The maximum atomic E-state index is 3.58. The highest BCUT2D eigenvalue weighted by atomic mass is 32.1. The Balaban J connectivity index is 1.87. The van der Waals surface area contributed by atoms with E-state index in [0.29, 0.717) is 12.1 Å². The van der Waals surface area contributed by atoms with Crippen molar-refractivity contribution in [3.8, 4) is 0 Å². The Hall–Kier alpha value is -0.380. The van der Waals surface area contributed by atoms with E-state index >= 15 is 0 Å². The first kappa shape index (κ1) is 14.0. The summed E-state index contributed by atoms with van der Waals surface area (Å²) in [5.74, 6) is 0.835. The lowest BCUT2D eigenvalue weighted by Gasteiger charge is -2.26. The van der Waals surface area contributed by atoms with Crippen molar-refractivity contribution in [2.75, 3.05) is 19.6 Å². The molecular weight excluding hydrogens is 240 g/mol. The Morgan fingerprint density at radius 1 is 1.50 bits per heavy atom. The summed E-state index contributed by atoms with van der Waals surface area (Å²) in [7, 11) is 0. The van der Waals surface area contributed by atoms with Crippen molar-refractivity contribution in [2.45, 2.75) is 45.7 Å². The zero-order valence-electron chi connectivity index (χ0n) is 11.9. The van der Waals surface area contributed by atoms with Gasteiger partial charge in [-0.1, -0.05) is 26.8 Å². The van der Waals surface area contributed by atoms with Gasteiger partial charge in [0.25, 0.3) is 0 Å². The van der Waals surface area contributed by atoms with Crippen molar-refractivity contribution < 1.29 is 0 Å². The third-order valence-electron chi connectivity index (χ3n) is 3.83. The van der Waals surface area contributed by atoms with Crippen molar-refractivity contribution in [1.82, 2.24) is 10.2 Å². The van der Waals surface area contributed by atoms with Gasteiger partial charge in [0.2, 0.25) is 0 Å². The van der Waals surface area contributed by atoms with Crippen molar-refractivity contribution >= 4 is 11.3 Å². The van der Waals surface area contributed by atoms with Gasteiger partial charge >= 0.3 is 0 Å². The third kappa shape index (κ3) is 3.56. The Bertz CT molecular complexity index is 334. The highest BCUT2D eigenvalue weighted by Gasteiger charge is 2.28. The molecule has 0 amide bonds. The Kier molecular flexibility index (Phi) is 5.22. The van der Waals surface area contributed by atoms with Gasteiger partial charge in [-0.15, -0.1) is 11.3 Å². The van der Waals surface area contributed by atoms with Crippen LogP contribution >= 0.6 is 11.3 Å². The number of hydrogen-bond acceptors (Lipinski definition) is 3. The van der Waals surface area contributed by atoms with Crippen LogP contribution in [-0.2, 0) is 0 Å². The van der Waals surface area contributed by atoms with Crippen molar-refractivity contribution in [3.63, 3.8) is 0 Å². The zero-order chi connectivity index (χ0) is 13.0. The van der Waals surface area contributed by atoms with E-state index in [1.807, 2.05) is 11.3 Å². The van der Waals surface area contributed by atoms with Gasteiger partial charge in [-0.3, -0.25) is 4.90 Å². The van der Waals surface area contributed by atoms with Gasteiger partial charge in [0, 0.05) is 23.5 Å². The molecule has 0 spiro atoms. The van der Waals surface area contributed by atoms with E-state index in [9.17, 15) is 0 Å². The largest absolute Gasteiger partial charge is 0.314 e. The third-order valence-corrected chi connectivity index (χ3v) is 4.80. The summed E-state index contributed by atoms with van der Waals surface area (Å²) in [4.78, 5) is 4.22. The fraction of sp³-hybridized carbons (Fsp3) is 0.733. The molecule has 0 aliphatic carbocycles. The summed E-state index contributed by atoms with van der Waals surface area (Å²) in [6.07, 6.45) is 2.58. The summed E-state index contributed by atoms with van der Waals surface area (Å²) >= 11 is 1.90. The number of thiophene rings is 1. The van der Waals surface area contributed by atoms with Crippen LogP contribution in [0.2, 0.25) is 0 Å². The van der Waals surface area contributed by atoms with Crippen molar-refractivity contribution in [1.29, 1.82) is 0 Å². The van der Waals surface area contributed by atoms with E-state index < -0.39 is 0 Å². The molecule has 18 heavy (non-hydrogen) atoms. The molecule has 2 unspecified atom stereocenters. The minimum Gasteiger partial charge on any atom is -0.314 e. The van der Waals surface area contributed by atoms with Gasteiger partial charge < -0.3 is 5.32 Å². The van der Waals surface area contributed by atoms with Gasteiger partial charge in [0.1, 0.15) is 0 Å². The molecule has 0 aromatic carbocycles. The molecule has 1 aromatic heterocycles. The van der Waals surface area contributed by atoms with E-state index in [-0.39, 0.29) is 0 Å². The van der Waals surface area contributed by atoms with Crippen molar-refractivity contribution in [2.24, 2.45) is 5.92 Å². The first-order chi connectivity index (χ1) is 8.70. The van der Waals surface area contributed by atoms with Crippen LogP contribution in [0, 0.1) is 5.92 Å². The fourth-order valence-corrected chi connectivity index (χ4v) is 3.78. The van der Waals surface area contributed by atoms with E-state index in [1.165, 1.54) is 37.4 Å². The summed E-state index contributed by atoms with van der Waals surface area (Å²) in [6, 6.07) is 5.72. The van der Waals surface area contributed by atoms with Crippen LogP contribution < -0.4 is 5.32 Å². The highest BCUT2D eigenvalue weighted by molar-refractivity contribution is 7.10. The van der Waals surface area contributed by atoms with Crippen LogP contribution in [0.15, 0.2) is 17.5 Å². The Morgan fingerprint density at radius 2 is 2.33 bits per heavy atom. The predicted octanol–water partition coefficient (Wildman–Crippen LogP) is 3.52. The molecule has 102 valence electrons. The second kappa shape index (κ2) is 6.69. The van der Waals surface area contributed by atoms with Crippen LogP contribution in [0.3, 0.4) is 0 Å². The molecule has 1 saturated heterocycles. The summed E-state index contributed by atoms with van der Waals surface area (Å²) < 4.78 is 0. The highest BCUT2D eigenvalue weighted by Crippen LogP contribution is 2.32. The average molecular weight is 266 g/mol. The smallest absolute Gasteiger partial charge is 0.0439 e. The van der Waals surface area contributed by atoms with Gasteiger partial charge in [-0.05, 0) is 43.3 Å². The van der Waals surface area contributed by atoms with Crippen LogP contribution in [0.5, 0.6) is 0 Å². The lowest BCUT2D eigenvalue weighted by molar-refractivity contribution is 0.232. The summed E-state index contributed by atoms with van der Waals surface area (Å²) in [5.41, 5.74) is 0. The monoisotopic (exact) mass is 266 g/mol. The van der Waals surface area contributed by atoms with Gasteiger partial charge in [-0.25, -0.2) is 0 Å². The average Bonchev–Trinajstić information content (AvgIpc) is 2.99. The first-order valence-electron chi connectivity index (χ1n) is 7.21. The summed E-state index contributed by atoms with van der Waals surface area (Å²) in [6.45, 7) is 10.5. The Labute approximate surface area is 115 Å². The molecule has 2 nitrogen and oxygen atoms in total. The number of nitrogens with zero attached hydrogens (tertiary/aromatic N) is 1. The molecule has 2 atom stereocenters. The standard InChI is InChI=1S/C15H26N2S/c1-4-14(15-6-5-9-18-15)17-8-7-13(11-17)10-16-12(2)3/h5-6,9,12-14,16H,4,7-8,10-11H2,1-3H3. The molecule has 1 aliphatic heterocycles. The minimum absolute atomic E-state index is 0.610. The van der Waals surface area contributed by atoms with Crippen LogP contribution in [0.25, 0.3) is 0 Å². The first-order valence-corrected chi connectivity index (χ1v) is 8.09. The molecule has 1 N–H and O–H groups in total. The molecule has 1 aliphatic rings. The maximum absolute atomic E-state index is 3.58. The van der Waals surface area contributed by atoms with Crippen molar-refractivity contribution in [3.05, 3.63) is 22.4 Å². The number of likely N-dealkylation sites (tertiary alicyclic amines) is 1. The van der Waals surface area contributed by atoms with Gasteiger partial charge in [-0.2, -0.15) is 0 Å². The lowest BCUT2D eigenvalue weighted by Crippen LogP contribution is -2.31. The number of rotatable bonds is 6. The van der Waals surface area contributed by atoms with Crippen LogP contribution in [-0.4, -0.2) is 30.6 Å². The maximum Gasteiger partial charge on any atom is 0.0439 e. The Morgan fingerprint density at radius 3 is 2.94 bits per heavy atom. The molecule has 2 rings (SSSR count). The van der Waals surface area contributed by atoms with Crippen LogP contribution in [0.1, 0.15) is 44.5 Å². The van der Waals surface area contributed by atoms with E-state index in [2.05, 4.69) is 48.5 Å². The second-order valence-corrected chi connectivity index (χ2v) is 6.63. The predicted molar refractivity (Wildman–Crippen MR) is 80.2 cm³/mol. The normalized spacial score (nSPS) is 22.8. The van der Waals surface area contributed by atoms with E-state index in [4.69, 9.17) is 0 Å². The lowest BCUT2D eigenvalue weighted by atomic mass is 10.1. The second-order valence-electron chi connectivity index (χ2n) is 5.65. The summed E-state index contributed by atoms with van der Waals surface area (Å²) in [5, 5.41) is 5.78. The van der Waals surface area contributed by atoms with Gasteiger partial charge in [0.15, 0.2) is 0 Å². The minimum atomic E-state index is 0.610. The topological polar surface area (TPSA) is 15.3 Å². The molecule has 0 bridgehead atoms. The zero-order valence-corrected chi connectivity index (χ0v) is 12.7. The van der Waals surface area contributed by atoms with E-state index in [0.717, 1.165) is 5.92 Å². The molecular formula is C15H26N2S. The van der Waals surface area contributed by atoms with E-state index in [1.54, 1.807) is 0 Å². The molecule has 1 aromatic rings. The number of nitrogens with one attached hydrogen (secondary N) is 1. The van der Waals surface area contributed by atoms with Crippen LogP contribution in [0.4, 0.5) is 0 Å². The van der Waals surface area contributed by atoms with Gasteiger partial charge in [0.05, 0.1) is 0 Å².